The van der Waals surface area contributed by atoms with Gasteiger partial charge in [-0.15, -0.1) is 0 Å². The van der Waals surface area contributed by atoms with Crippen LogP contribution in [0.5, 0.6) is 0 Å². The number of rotatable bonds is 4. The Hall–Kier alpha value is 0.420. The summed E-state index contributed by atoms with van der Waals surface area (Å²) < 4.78 is 0. The molecule has 1 heterocycles. The van der Waals surface area contributed by atoms with Gasteiger partial charge >= 0.3 is 0 Å². The normalized spacial score (nSPS) is 28.4. The number of hydrazine groups is 1. The molecule has 6 heteroatoms. The second-order valence-corrected chi connectivity index (χ2v) is 9.01. The predicted molar refractivity (Wildman–Crippen MR) is 94.0 cm³/mol. The number of nitrogens with one attached hydrogen (secondary N) is 1. The number of nitrogens with two attached hydrogens (primary N) is 1. The molecular formula is C14H20Cl2N2S2. The molecule has 1 aromatic rings. The first-order valence-corrected chi connectivity index (χ1v) is 9.43. The van der Waals surface area contributed by atoms with Crippen LogP contribution in [0.15, 0.2) is 18.2 Å². The van der Waals surface area contributed by atoms with Crippen LogP contribution in [0.25, 0.3) is 0 Å². The Morgan fingerprint density at radius 2 is 2.10 bits per heavy atom. The topological polar surface area (TPSA) is 38.0 Å². The van der Waals surface area contributed by atoms with E-state index in [0.717, 1.165) is 17.7 Å². The molecule has 2 rings (SSSR count). The highest BCUT2D eigenvalue weighted by Crippen LogP contribution is 2.37. The van der Waals surface area contributed by atoms with Gasteiger partial charge in [-0.1, -0.05) is 43.1 Å². The van der Waals surface area contributed by atoms with Crippen LogP contribution in [-0.4, -0.2) is 27.5 Å². The maximum Gasteiger partial charge on any atom is 0.0453 e. The average Bonchev–Trinajstić information content (AvgIpc) is 2.41. The van der Waals surface area contributed by atoms with Crippen molar-refractivity contribution in [3.63, 3.8) is 0 Å². The van der Waals surface area contributed by atoms with Gasteiger partial charge in [0.1, 0.15) is 0 Å². The number of hydrogen-bond acceptors (Lipinski definition) is 4. The van der Waals surface area contributed by atoms with Gasteiger partial charge in [-0.05, 0) is 24.1 Å². The fraction of sp³-hybridized carbons (Fsp3) is 0.571. The molecule has 0 amide bonds. The summed E-state index contributed by atoms with van der Waals surface area (Å²) in [5.74, 6) is 6.89. The number of benzene rings is 1. The molecule has 112 valence electrons. The second-order valence-electron chi connectivity index (χ2n) is 5.13. The van der Waals surface area contributed by atoms with Crippen LogP contribution in [-0.2, 0) is 6.42 Å². The molecular weight excluding hydrogens is 331 g/mol. The molecule has 3 N–H and O–H groups in total. The molecule has 2 nitrogen and oxygen atoms in total. The third kappa shape index (κ3) is 4.21. The van der Waals surface area contributed by atoms with Gasteiger partial charge in [0.2, 0.25) is 0 Å². The van der Waals surface area contributed by atoms with Crippen LogP contribution >= 0.6 is 46.7 Å². The maximum absolute atomic E-state index is 6.26. The lowest BCUT2D eigenvalue weighted by Gasteiger charge is -2.35. The van der Waals surface area contributed by atoms with Crippen molar-refractivity contribution in [1.29, 1.82) is 0 Å². The van der Waals surface area contributed by atoms with E-state index in [1.54, 1.807) is 6.07 Å². The summed E-state index contributed by atoms with van der Waals surface area (Å²) >= 11 is 16.2. The summed E-state index contributed by atoms with van der Waals surface area (Å²) in [4.78, 5) is 0. The van der Waals surface area contributed by atoms with E-state index >= 15 is 0 Å². The lowest BCUT2D eigenvalue weighted by Crippen LogP contribution is -2.47. The number of halogens is 2. The molecule has 1 aliphatic rings. The molecule has 1 saturated heterocycles. The zero-order chi connectivity index (χ0) is 14.7. The van der Waals surface area contributed by atoms with Crippen molar-refractivity contribution < 1.29 is 0 Å². The van der Waals surface area contributed by atoms with E-state index in [-0.39, 0.29) is 6.04 Å². The molecule has 4 unspecified atom stereocenters. The first kappa shape index (κ1) is 16.8. The van der Waals surface area contributed by atoms with E-state index < -0.39 is 0 Å². The monoisotopic (exact) mass is 350 g/mol. The Balaban J connectivity index is 2.05. The molecule has 0 spiro atoms. The van der Waals surface area contributed by atoms with Crippen molar-refractivity contribution in [2.45, 2.75) is 42.1 Å². The van der Waals surface area contributed by atoms with Crippen molar-refractivity contribution in [1.82, 2.24) is 5.43 Å². The molecule has 20 heavy (non-hydrogen) atoms. The Bertz CT molecular complexity index is 459. The first-order valence-electron chi connectivity index (χ1n) is 6.68. The first-order chi connectivity index (χ1) is 9.51. The van der Waals surface area contributed by atoms with Crippen LogP contribution in [0.1, 0.15) is 19.4 Å². The van der Waals surface area contributed by atoms with Gasteiger partial charge in [-0.2, -0.15) is 23.5 Å². The molecule has 0 aliphatic carbocycles. The smallest absolute Gasteiger partial charge is 0.0453 e. The minimum atomic E-state index is 0.223. The molecule has 0 aromatic heterocycles. The van der Waals surface area contributed by atoms with Crippen LogP contribution < -0.4 is 11.3 Å². The highest BCUT2D eigenvalue weighted by atomic mass is 35.5. The minimum Gasteiger partial charge on any atom is -0.271 e. The summed E-state index contributed by atoms with van der Waals surface area (Å²) in [5, 5.41) is 3.24. The van der Waals surface area contributed by atoms with E-state index in [2.05, 4.69) is 19.3 Å². The van der Waals surface area contributed by atoms with E-state index in [4.69, 9.17) is 29.0 Å². The van der Waals surface area contributed by atoms with E-state index in [0.29, 0.717) is 25.8 Å². The zero-order valence-corrected chi connectivity index (χ0v) is 14.8. The number of thioether (sulfide) groups is 2. The second kappa shape index (κ2) is 7.61. The van der Waals surface area contributed by atoms with E-state index in [1.165, 1.54) is 0 Å². The standard InChI is InChI=1S/C14H20Cl2N2S2/c1-8-9(2)20-14(7-19-8)13(18-17)5-10-3-4-11(15)6-12(10)16/h3-4,6,8-9,13-14,18H,5,7,17H2,1-2H3. The Morgan fingerprint density at radius 1 is 1.35 bits per heavy atom. The quantitative estimate of drug-likeness (QED) is 0.635. The lowest BCUT2D eigenvalue weighted by atomic mass is 10.0. The van der Waals surface area contributed by atoms with Gasteiger partial charge in [0.15, 0.2) is 0 Å². The summed E-state index contributed by atoms with van der Waals surface area (Å²) in [5.41, 5.74) is 4.07. The van der Waals surface area contributed by atoms with E-state index in [9.17, 15) is 0 Å². The fourth-order valence-corrected chi connectivity index (χ4v) is 5.84. The minimum absolute atomic E-state index is 0.223. The molecule has 0 bridgehead atoms. The van der Waals surface area contributed by atoms with Crippen molar-refractivity contribution >= 4 is 46.7 Å². The third-order valence-corrected chi connectivity index (χ3v) is 7.83. The molecule has 1 aromatic carbocycles. The number of hydrogen-bond donors (Lipinski definition) is 2. The van der Waals surface area contributed by atoms with Crippen molar-refractivity contribution in [2.75, 3.05) is 5.75 Å². The Morgan fingerprint density at radius 3 is 2.70 bits per heavy atom. The third-order valence-electron chi connectivity index (χ3n) is 3.69. The van der Waals surface area contributed by atoms with Gasteiger partial charge in [-0.25, -0.2) is 0 Å². The average molecular weight is 351 g/mol. The summed E-state index contributed by atoms with van der Waals surface area (Å²) in [6.45, 7) is 4.58. The van der Waals surface area contributed by atoms with Gasteiger partial charge in [0.25, 0.3) is 0 Å². The Labute approximate surface area is 139 Å². The van der Waals surface area contributed by atoms with Gasteiger partial charge < -0.3 is 0 Å². The molecule has 1 fully saturated rings. The molecule has 0 radical (unpaired) electrons. The highest BCUT2D eigenvalue weighted by Gasteiger charge is 2.31. The van der Waals surface area contributed by atoms with Crippen LogP contribution in [0.2, 0.25) is 10.0 Å². The van der Waals surface area contributed by atoms with E-state index in [1.807, 2.05) is 35.7 Å². The van der Waals surface area contributed by atoms with Crippen molar-refractivity contribution in [3.05, 3.63) is 33.8 Å². The van der Waals surface area contributed by atoms with Gasteiger partial charge in [0, 0.05) is 37.6 Å². The maximum atomic E-state index is 6.26. The van der Waals surface area contributed by atoms with Crippen LogP contribution in [0.4, 0.5) is 0 Å². The molecule has 4 atom stereocenters. The lowest BCUT2D eigenvalue weighted by molar-refractivity contribution is 0.521. The van der Waals surface area contributed by atoms with Gasteiger partial charge in [-0.3, -0.25) is 11.3 Å². The summed E-state index contributed by atoms with van der Waals surface area (Å²) in [7, 11) is 0. The highest BCUT2D eigenvalue weighted by molar-refractivity contribution is 8.07. The van der Waals surface area contributed by atoms with Crippen LogP contribution in [0, 0.1) is 0 Å². The Kier molecular flexibility index (Phi) is 6.39. The van der Waals surface area contributed by atoms with Crippen molar-refractivity contribution in [2.24, 2.45) is 5.84 Å². The molecule has 0 saturated carbocycles. The van der Waals surface area contributed by atoms with Gasteiger partial charge in [0.05, 0.1) is 0 Å². The SMILES string of the molecule is CC1SCC(C(Cc2ccc(Cl)cc2Cl)NN)SC1C. The molecule has 1 aliphatic heterocycles. The summed E-state index contributed by atoms with van der Waals surface area (Å²) in [6, 6.07) is 5.88. The fourth-order valence-electron chi connectivity index (χ4n) is 2.24. The summed E-state index contributed by atoms with van der Waals surface area (Å²) in [6.07, 6.45) is 0.825. The largest absolute Gasteiger partial charge is 0.271 e. The predicted octanol–water partition coefficient (Wildman–Crippen LogP) is 3.99. The van der Waals surface area contributed by atoms with Crippen molar-refractivity contribution in [3.8, 4) is 0 Å². The van der Waals surface area contributed by atoms with Crippen LogP contribution in [0.3, 0.4) is 0 Å². The zero-order valence-electron chi connectivity index (χ0n) is 11.6.